The lowest BCUT2D eigenvalue weighted by Gasteiger charge is -2.45. The second-order valence-corrected chi connectivity index (χ2v) is 11.6. The highest BCUT2D eigenvalue weighted by atomic mass is 32.2. The number of hydrogen-bond acceptors (Lipinski definition) is 9. The van der Waals surface area contributed by atoms with Crippen molar-refractivity contribution in [3.05, 3.63) is 59.5 Å². The molecular formula is C27H29N5O3S. The van der Waals surface area contributed by atoms with Crippen LogP contribution < -0.4 is 15.0 Å². The van der Waals surface area contributed by atoms with Gasteiger partial charge in [0.05, 0.1) is 30.9 Å². The van der Waals surface area contributed by atoms with E-state index in [1.165, 1.54) is 35.7 Å². The zero-order chi connectivity index (χ0) is 24.2. The summed E-state index contributed by atoms with van der Waals surface area (Å²) >= 11 is 1.48. The van der Waals surface area contributed by atoms with Gasteiger partial charge in [-0.05, 0) is 48.3 Å². The zero-order valence-electron chi connectivity index (χ0n) is 20.1. The Labute approximate surface area is 214 Å². The van der Waals surface area contributed by atoms with Crippen molar-refractivity contribution in [1.82, 2.24) is 15.0 Å². The summed E-state index contributed by atoms with van der Waals surface area (Å²) in [6.45, 7) is 3.54. The van der Waals surface area contributed by atoms with Crippen molar-refractivity contribution in [3.8, 4) is 5.75 Å². The summed E-state index contributed by atoms with van der Waals surface area (Å²) in [5.41, 5.74) is 3.84. The van der Waals surface area contributed by atoms with Gasteiger partial charge in [-0.3, -0.25) is 0 Å². The Morgan fingerprint density at radius 3 is 2.50 bits per heavy atom. The molecule has 0 saturated carbocycles. The quantitative estimate of drug-likeness (QED) is 0.555. The summed E-state index contributed by atoms with van der Waals surface area (Å²) in [6.07, 6.45) is 8.18. The molecule has 7 rings (SSSR count). The van der Waals surface area contributed by atoms with Crippen molar-refractivity contribution in [1.29, 1.82) is 0 Å². The molecule has 1 aromatic carbocycles. The van der Waals surface area contributed by atoms with Gasteiger partial charge in [0.1, 0.15) is 22.9 Å². The molecule has 2 fully saturated rings. The SMILES string of the molecule is OCc1nc(Sc2ccnc3c2OCC2(COC2)N3)cnc1N1CCC2(CC1)Cc1ccccc1C2. The molecule has 2 spiro atoms. The number of ether oxygens (including phenoxy) is 2. The van der Waals surface area contributed by atoms with Crippen LogP contribution in [0, 0.1) is 5.41 Å². The van der Waals surface area contributed by atoms with Gasteiger partial charge in [0.25, 0.3) is 0 Å². The van der Waals surface area contributed by atoms with Crippen LogP contribution in [0.3, 0.4) is 0 Å². The van der Waals surface area contributed by atoms with Gasteiger partial charge in [-0.15, -0.1) is 0 Å². The van der Waals surface area contributed by atoms with Crippen LogP contribution >= 0.6 is 11.8 Å². The van der Waals surface area contributed by atoms with E-state index in [-0.39, 0.29) is 12.1 Å². The van der Waals surface area contributed by atoms with E-state index in [0.717, 1.165) is 53.2 Å². The molecule has 8 nitrogen and oxygen atoms in total. The highest BCUT2D eigenvalue weighted by molar-refractivity contribution is 7.99. The highest BCUT2D eigenvalue weighted by Gasteiger charge is 2.44. The molecule has 186 valence electrons. The first-order valence-corrected chi connectivity index (χ1v) is 13.4. The molecule has 3 aliphatic heterocycles. The first-order valence-electron chi connectivity index (χ1n) is 12.6. The molecule has 4 aliphatic rings. The van der Waals surface area contributed by atoms with Crippen LogP contribution in [0.15, 0.2) is 52.6 Å². The Morgan fingerprint density at radius 2 is 1.81 bits per heavy atom. The Bertz CT molecular complexity index is 1280. The number of aliphatic hydroxyl groups is 1. The molecule has 3 aromatic rings. The molecule has 0 unspecified atom stereocenters. The van der Waals surface area contributed by atoms with Gasteiger partial charge < -0.3 is 24.8 Å². The fourth-order valence-electron chi connectivity index (χ4n) is 6.00. The van der Waals surface area contributed by atoms with Crippen LogP contribution in [0.5, 0.6) is 5.75 Å². The van der Waals surface area contributed by atoms with E-state index in [1.54, 1.807) is 12.4 Å². The third kappa shape index (κ3) is 3.81. The summed E-state index contributed by atoms with van der Waals surface area (Å²) in [5.74, 6) is 2.27. The number of nitrogens with zero attached hydrogens (tertiary/aromatic N) is 4. The smallest absolute Gasteiger partial charge is 0.175 e. The van der Waals surface area contributed by atoms with E-state index < -0.39 is 0 Å². The van der Waals surface area contributed by atoms with Crippen molar-refractivity contribution in [2.75, 3.05) is 43.1 Å². The van der Waals surface area contributed by atoms with Crippen LogP contribution in [0.4, 0.5) is 11.6 Å². The number of nitrogens with one attached hydrogen (secondary N) is 1. The van der Waals surface area contributed by atoms with Gasteiger partial charge in [-0.25, -0.2) is 15.0 Å². The maximum Gasteiger partial charge on any atom is 0.175 e. The molecule has 9 heteroatoms. The molecular weight excluding hydrogens is 474 g/mol. The predicted octanol–water partition coefficient (Wildman–Crippen LogP) is 3.47. The van der Waals surface area contributed by atoms with Crippen molar-refractivity contribution in [2.45, 2.75) is 47.8 Å². The number of anilines is 2. The number of hydrogen-bond donors (Lipinski definition) is 2. The minimum atomic E-state index is -0.164. The van der Waals surface area contributed by atoms with Gasteiger partial charge in [0, 0.05) is 19.3 Å². The molecule has 2 aromatic heterocycles. The summed E-state index contributed by atoms with van der Waals surface area (Å²) < 4.78 is 11.5. The lowest BCUT2D eigenvalue weighted by molar-refractivity contribution is -0.0652. The largest absolute Gasteiger partial charge is 0.486 e. The number of fused-ring (bicyclic) bond motifs is 2. The van der Waals surface area contributed by atoms with Crippen LogP contribution in [0.2, 0.25) is 0 Å². The summed E-state index contributed by atoms with van der Waals surface area (Å²) in [4.78, 5) is 17.2. The molecule has 0 bridgehead atoms. The van der Waals surface area contributed by atoms with Crippen LogP contribution in [0.1, 0.15) is 29.7 Å². The molecule has 36 heavy (non-hydrogen) atoms. The van der Waals surface area contributed by atoms with Crippen molar-refractivity contribution in [2.24, 2.45) is 5.41 Å². The molecule has 5 heterocycles. The third-order valence-corrected chi connectivity index (χ3v) is 8.99. The number of pyridine rings is 1. The van der Waals surface area contributed by atoms with Gasteiger partial charge in [0.2, 0.25) is 0 Å². The molecule has 2 saturated heterocycles. The number of benzene rings is 1. The fraction of sp³-hybridized carbons (Fsp3) is 0.444. The zero-order valence-corrected chi connectivity index (χ0v) is 20.9. The normalized spacial score (nSPS) is 20.9. The number of aromatic nitrogens is 3. The number of piperidine rings is 1. The monoisotopic (exact) mass is 503 g/mol. The highest BCUT2D eigenvalue weighted by Crippen LogP contribution is 2.46. The van der Waals surface area contributed by atoms with Crippen LogP contribution in [-0.2, 0) is 24.2 Å². The number of aliphatic hydroxyl groups excluding tert-OH is 1. The predicted molar refractivity (Wildman–Crippen MR) is 137 cm³/mol. The topological polar surface area (TPSA) is 92.6 Å². The second-order valence-electron chi connectivity index (χ2n) is 10.5. The summed E-state index contributed by atoms with van der Waals surface area (Å²) in [5, 5.41) is 14.4. The fourth-order valence-corrected chi connectivity index (χ4v) is 6.86. The number of rotatable bonds is 4. The van der Waals surface area contributed by atoms with Crippen molar-refractivity contribution in [3.63, 3.8) is 0 Å². The first-order chi connectivity index (χ1) is 17.6. The maximum atomic E-state index is 10.2. The lowest BCUT2D eigenvalue weighted by Crippen LogP contribution is -2.61. The van der Waals surface area contributed by atoms with Gasteiger partial charge >= 0.3 is 0 Å². The van der Waals surface area contributed by atoms with Gasteiger partial charge in [-0.2, -0.15) is 0 Å². The van der Waals surface area contributed by atoms with Gasteiger partial charge in [0.15, 0.2) is 17.4 Å². The molecule has 1 aliphatic carbocycles. The Balaban J connectivity index is 1.06. The van der Waals surface area contributed by atoms with Gasteiger partial charge in [-0.1, -0.05) is 36.0 Å². The standard InChI is InChI=1S/C27H29N5O3S/c33-14-20-25(32-9-6-26(7-10-32)11-18-3-1-2-4-19(18)12-26)29-13-22(30-20)36-21-5-8-28-24-23(21)35-17-27(31-24)15-34-16-27/h1-5,8,13,33H,6-7,9-12,14-17H2,(H,28,31). The average Bonchev–Trinajstić information content (AvgIpc) is 3.25. The maximum absolute atomic E-state index is 10.2. The Hall–Kier alpha value is -2.88. The second kappa shape index (κ2) is 8.61. The van der Waals surface area contributed by atoms with E-state index >= 15 is 0 Å². The van der Waals surface area contributed by atoms with Crippen LogP contribution in [-0.4, -0.2) is 58.5 Å². The minimum absolute atomic E-state index is 0.140. The van der Waals surface area contributed by atoms with E-state index in [0.29, 0.717) is 30.9 Å². The van der Waals surface area contributed by atoms with E-state index in [2.05, 4.69) is 39.5 Å². The minimum Gasteiger partial charge on any atom is -0.486 e. The third-order valence-electron chi connectivity index (χ3n) is 8.04. The summed E-state index contributed by atoms with van der Waals surface area (Å²) in [7, 11) is 0. The summed E-state index contributed by atoms with van der Waals surface area (Å²) in [6, 6.07) is 10.8. The molecule has 0 atom stereocenters. The van der Waals surface area contributed by atoms with Crippen molar-refractivity contribution < 1.29 is 14.6 Å². The van der Waals surface area contributed by atoms with E-state index in [9.17, 15) is 5.11 Å². The Kier molecular flexibility index (Phi) is 5.34. The molecule has 0 amide bonds. The Morgan fingerprint density at radius 1 is 1.03 bits per heavy atom. The van der Waals surface area contributed by atoms with Crippen molar-refractivity contribution >= 4 is 23.4 Å². The average molecular weight is 504 g/mol. The lowest BCUT2D eigenvalue weighted by atomic mass is 9.76. The van der Waals surface area contributed by atoms with E-state index in [1.807, 2.05) is 6.07 Å². The van der Waals surface area contributed by atoms with Crippen LogP contribution in [0.25, 0.3) is 0 Å². The molecule has 0 radical (unpaired) electrons. The first kappa shape index (κ1) is 22.3. The van der Waals surface area contributed by atoms with E-state index in [4.69, 9.17) is 19.4 Å². The molecule has 2 N–H and O–H groups in total.